The molecule has 7 heteroatoms. The molecule has 2 aromatic rings. The Kier molecular flexibility index (Phi) is 5.15. The second kappa shape index (κ2) is 7.35. The molecule has 0 radical (unpaired) electrons. The summed E-state index contributed by atoms with van der Waals surface area (Å²) in [4.78, 5) is 25.7. The maximum absolute atomic E-state index is 13.0. The molecule has 0 spiro atoms. The van der Waals surface area contributed by atoms with Gasteiger partial charge in [0, 0.05) is 26.2 Å². The molecule has 0 aromatic carbocycles. The summed E-state index contributed by atoms with van der Waals surface area (Å²) in [6.45, 7) is 1.82. The molecule has 1 aliphatic rings. The number of amides is 1. The van der Waals surface area contributed by atoms with E-state index in [0.29, 0.717) is 23.0 Å². The van der Waals surface area contributed by atoms with Gasteiger partial charge in [-0.25, -0.2) is 4.79 Å². The van der Waals surface area contributed by atoms with Crippen LogP contribution >= 0.6 is 0 Å². The first kappa shape index (κ1) is 18.2. The zero-order valence-electron chi connectivity index (χ0n) is 15.5. The van der Waals surface area contributed by atoms with Crippen molar-refractivity contribution in [2.75, 3.05) is 7.05 Å². The van der Waals surface area contributed by atoms with E-state index in [2.05, 4.69) is 5.10 Å². The minimum atomic E-state index is -1.03. The van der Waals surface area contributed by atoms with Crippen LogP contribution in [0.5, 0.6) is 0 Å². The number of carboxylic acids is 1. The fourth-order valence-corrected chi connectivity index (χ4v) is 3.69. The predicted octanol–water partition coefficient (Wildman–Crippen LogP) is 3.34. The number of aryl methyl sites for hydroxylation is 2. The van der Waals surface area contributed by atoms with Gasteiger partial charge in [0.2, 0.25) is 0 Å². The van der Waals surface area contributed by atoms with Crippen LogP contribution in [-0.4, -0.2) is 38.7 Å². The van der Waals surface area contributed by atoms with Crippen molar-refractivity contribution in [3.8, 4) is 0 Å². The molecule has 26 heavy (non-hydrogen) atoms. The van der Waals surface area contributed by atoms with Crippen LogP contribution in [0.3, 0.4) is 0 Å². The van der Waals surface area contributed by atoms with E-state index in [0.717, 1.165) is 18.5 Å². The standard InChI is InChI=1S/C19H25N3O4/c1-12-15(19(24)25)9-14(26-12)10-21(2)18(23)16-11-22(3)20-17(16)13-7-5-4-6-8-13/h9,11,13H,4-8,10H2,1-3H3,(H,24,25). The number of furan rings is 1. The Morgan fingerprint density at radius 2 is 2.00 bits per heavy atom. The van der Waals surface area contributed by atoms with Crippen molar-refractivity contribution >= 4 is 11.9 Å². The summed E-state index contributed by atoms with van der Waals surface area (Å²) in [5.74, 6) is -0.0128. The van der Waals surface area contributed by atoms with Crippen molar-refractivity contribution < 1.29 is 19.1 Å². The number of carbonyl (C=O) groups excluding carboxylic acids is 1. The van der Waals surface area contributed by atoms with E-state index in [-0.39, 0.29) is 18.0 Å². The molecule has 1 fully saturated rings. The molecule has 0 bridgehead atoms. The van der Waals surface area contributed by atoms with E-state index in [9.17, 15) is 9.59 Å². The SMILES string of the molecule is Cc1oc(CN(C)C(=O)c2cn(C)nc2C2CCCCC2)cc1C(=O)O. The Labute approximate surface area is 152 Å². The van der Waals surface area contributed by atoms with E-state index in [1.165, 1.54) is 25.3 Å². The quantitative estimate of drug-likeness (QED) is 0.884. The van der Waals surface area contributed by atoms with Crippen LogP contribution in [0.15, 0.2) is 16.7 Å². The third kappa shape index (κ3) is 3.66. The van der Waals surface area contributed by atoms with E-state index in [1.807, 2.05) is 7.05 Å². The van der Waals surface area contributed by atoms with Gasteiger partial charge in [0.15, 0.2) is 0 Å². The zero-order chi connectivity index (χ0) is 18.8. The number of carboxylic acid groups (broad SMARTS) is 1. The summed E-state index contributed by atoms with van der Waals surface area (Å²) >= 11 is 0. The van der Waals surface area contributed by atoms with E-state index < -0.39 is 5.97 Å². The van der Waals surface area contributed by atoms with Gasteiger partial charge in [-0.2, -0.15) is 5.10 Å². The Hall–Kier alpha value is -2.57. The lowest BCUT2D eigenvalue weighted by molar-refractivity contribution is 0.0694. The summed E-state index contributed by atoms with van der Waals surface area (Å²) in [6, 6.07) is 1.48. The van der Waals surface area contributed by atoms with Crippen LogP contribution in [0.1, 0.15) is 76.0 Å². The molecule has 3 rings (SSSR count). The largest absolute Gasteiger partial charge is 0.478 e. The van der Waals surface area contributed by atoms with Crippen molar-refractivity contribution in [3.63, 3.8) is 0 Å². The van der Waals surface area contributed by atoms with E-state index in [4.69, 9.17) is 9.52 Å². The highest BCUT2D eigenvalue weighted by Crippen LogP contribution is 2.33. The van der Waals surface area contributed by atoms with Crippen LogP contribution in [0.25, 0.3) is 0 Å². The predicted molar refractivity (Wildman–Crippen MR) is 95.2 cm³/mol. The molecule has 7 nitrogen and oxygen atoms in total. The normalized spacial score (nSPS) is 15.2. The Morgan fingerprint density at radius 3 is 2.62 bits per heavy atom. The number of aromatic carboxylic acids is 1. The van der Waals surface area contributed by atoms with Crippen LogP contribution in [-0.2, 0) is 13.6 Å². The monoisotopic (exact) mass is 359 g/mol. The smallest absolute Gasteiger partial charge is 0.339 e. The fraction of sp³-hybridized carbons (Fsp3) is 0.526. The molecule has 2 aromatic heterocycles. The summed E-state index contributed by atoms with van der Waals surface area (Å²) in [7, 11) is 3.52. The number of nitrogens with zero attached hydrogens (tertiary/aromatic N) is 3. The van der Waals surface area contributed by atoms with Gasteiger partial charge in [0.25, 0.3) is 5.91 Å². The van der Waals surface area contributed by atoms with Gasteiger partial charge in [-0.1, -0.05) is 19.3 Å². The summed E-state index contributed by atoms with van der Waals surface area (Å²) < 4.78 is 7.19. The van der Waals surface area contributed by atoms with E-state index >= 15 is 0 Å². The maximum Gasteiger partial charge on any atom is 0.339 e. The number of aromatic nitrogens is 2. The average Bonchev–Trinajstić information content (AvgIpc) is 3.17. The lowest BCUT2D eigenvalue weighted by Gasteiger charge is -2.22. The van der Waals surface area contributed by atoms with Crippen LogP contribution in [0.2, 0.25) is 0 Å². The van der Waals surface area contributed by atoms with Crippen LogP contribution in [0.4, 0.5) is 0 Å². The molecule has 0 atom stereocenters. The number of rotatable bonds is 5. The highest BCUT2D eigenvalue weighted by molar-refractivity contribution is 5.95. The van der Waals surface area contributed by atoms with Crippen LogP contribution < -0.4 is 0 Å². The van der Waals surface area contributed by atoms with E-state index in [1.54, 1.807) is 29.7 Å². The molecule has 1 aliphatic carbocycles. The zero-order valence-corrected chi connectivity index (χ0v) is 15.5. The molecule has 1 saturated carbocycles. The highest BCUT2D eigenvalue weighted by atomic mass is 16.4. The maximum atomic E-state index is 13.0. The molecule has 0 saturated heterocycles. The molecular formula is C19H25N3O4. The molecule has 0 aliphatic heterocycles. The first-order chi connectivity index (χ1) is 12.4. The number of hydrogen-bond donors (Lipinski definition) is 1. The molecule has 140 valence electrons. The number of carbonyl (C=O) groups is 2. The van der Waals surface area contributed by atoms with Crippen molar-refractivity contribution in [2.24, 2.45) is 7.05 Å². The highest BCUT2D eigenvalue weighted by Gasteiger charge is 2.27. The van der Waals surface area contributed by atoms with Crippen molar-refractivity contribution in [3.05, 3.63) is 40.6 Å². The van der Waals surface area contributed by atoms with Crippen molar-refractivity contribution in [1.82, 2.24) is 14.7 Å². The summed E-state index contributed by atoms with van der Waals surface area (Å²) in [6.07, 6.45) is 7.51. The van der Waals surface area contributed by atoms with Crippen molar-refractivity contribution in [2.45, 2.75) is 51.5 Å². The van der Waals surface area contributed by atoms with Crippen LogP contribution in [0, 0.1) is 6.92 Å². The van der Waals surface area contributed by atoms with Gasteiger partial charge in [-0.05, 0) is 25.8 Å². The minimum Gasteiger partial charge on any atom is -0.478 e. The van der Waals surface area contributed by atoms with Gasteiger partial charge in [-0.3, -0.25) is 9.48 Å². The molecule has 1 N–H and O–H groups in total. The first-order valence-electron chi connectivity index (χ1n) is 8.98. The van der Waals surface area contributed by atoms with Crippen molar-refractivity contribution in [1.29, 1.82) is 0 Å². The van der Waals surface area contributed by atoms with Gasteiger partial charge in [-0.15, -0.1) is 0 Å². The third-order valence-electron chi connectivity index (χ3n) is 5.02. The lowest BCUT2D eigenvalue weighted by atomic mass is 9.85. The molecule has 1 amide bonds. The second-order valence-corrected chi connectivity index (χ2v) is 7.09. The second-order valence-electron chi connectivity index (χ2n) is 7.09. The fourth-order valence-electron chi connectivity index (χ4n) is 3.69. The van der Waals surface area contributed by atoms with Gasteiger partial charge < -0.3 is 14.4 Å². The van der Waals surface area contributed by atoms with Gasteiger partial charge in [0.05, 0.1) is 17.8 Å². The Balaban J connectivity index is 1.78. The molecule has 2 heterocycles. The Morgan fingerprint density at radius 1 is 1.31 bits per heavy atom. The topological polar surface area (TPSA) is 88.6 Å². The molecular weight excluding hydrogens is 334 g/mol. The first-order valence-corrected chi connectivity index (χ1v) is 8.98. The lowest BCUT2D eigenvalue weighted by Crippen LogP contribution is -2.27. The summed E-state index contributed by atoms with van der Waals surface area (Å²) in [5.41, 5.74) is 1.64. The molecule has 0 unspecified atom stereocenters. The minimum absolute atomic E-state index is 0.121. The average molecular weight is 359 g/mol. The summed E-state index contributed by atoms with van der Waals surface area (Å²) in [5, 5.41) is 13.7. The number of hydrogen-bond acceptors (Lipinski definition) is 4. The van der Waals surface area contributed by atoms with Gasteiger partial charge >= 0.3 is 5.97 Å². The van der Waals surface area contributed by atoms with Gasteiger partial charge in [0.1, 0.15) is 17.1 Å². The Bertz CT molecular complexity index is 815. The third-order valence-corrected chi connectivity index (χ3v) is 5.02.